The number of aromatic nitrogens is 3. The van der Waals surface area contributed by atoms with Crippen molar-refractivity contribution in [2.24, 2.45) is 0 Å². The van der Waals surface area contributed by atoms with Crippen LogP contribution in [0.3, 0.4) is 0 Å². The maximum atomic E-state index is 5.48. The maximum Gasteiger partial charge on any atom is 0.231 e. The first kappa shape index (κ1) is 17.7. The minimum atomic E-state index is 0.257. The fraction of sp³-hybridized carbons (Fsp3) is 0.318. The van der Waals surface area contributed by atoms with Crippen molar-refractivity contribution in [3.8, 4) is 22.8 Å². The molecule has 0 amide bonds. The fourth-order valence-electron chi connectivity index (χ4n) is 3.79. The molecule has 7 nitrogen and oxygen atoms in total. The number of nitrogens with one attached hydrogen (secondary N) is 2. The van der Waals surface area contributed by atoms with Crippen molar-refractivity contribution in [2.75, 3.05) is 17.4 Å². The molecule has 5 rings (SSSR count). The molecule has 29 heavy (non-hydrogen) atoms. The third-order valence-corrected chi connectivity index (χ3v) is 5.27. The molecule has 0 atom stereocenters. The van der Waals surface area contributed by atoms with Crippen molar-refractivity contribution >= 4 is 17.5 Å². The highest BCUT2D eigenvalue weighted by Crippen LogP contribution is 2.35. The molecule has 1 fully saturated rings. The standard InChI is InChI=1S/C22H23N5O2/c1-2-6-16(7-3-1)25-22-26-18(15-5-4-10-23-13-15)12-21(27-22)24-17-8-9-19-20(11-17)29-14-28-19/h4-5,8-13,16H,1-3,6-7,14H2,(H2,24,25,26,27). The normalized spacial score (nSPS) is 15.9. The van der Waals surface area contributed by atoms with Crippen molar-refractivity contribution in [2.45, 2.75) is 38.1 Å². The van der Waals surface area contributed by atoms with E-state index in [0.29, 0.717) is 12.0 Å². The summed E-state index contributed by atoms with van der Waals surface area (Å²) in [6.45, 7) is 0.257. The van der Waals surface area contributed by atoms with Gasteiger partial charge in [-0.15, -0.1) is 0 Å². The Balaban J connectivity index is 1.45. The van der Waals surface area contributed by atoms with Crippen LogP contribution in [0, 0.1) is 0 Å². The lowest BCUT2D eigenvalue weighted by Crippen LogP contribution is -2.23. The van der Waals surface area contributed by atoms with Crippen LogP contribution in [-0.4, -0.2) is 27.8 Å². The summed E-state index contributed by atoms with van der Waals surface area (Å²) in [5.74, 6) is 2.85. The molecule has 0 saturated heterocycles. The van der Waals surface area contributed by atoms with Crippen LogP contribution in [0.5, 0.6) is 11.5 Å². The number of rotatable bonds is 5. The molecule has 7 heteroatoms. The quantitative estimate of drug-likeness (QED) is 0.651. The molecule has 2 aliphatic rings. The second kappa shape index (κ2) is 7.95. The Morgan fingerprint density at radius 3 is 2.69 bits per heavy atom. The number of fused-ring (bicyclic) bond motifs is 1. The van der Waals surface area contributed by atoms with Gasteiger partial charge in [-0.25, -0.2) is 4.98 Å². The zero-order valence-corrected chi connectivity index (χ0v) is 16.1. The Morgan fingerprint density at radius 2 is 1.83 bits per heavy atom. The van der Waals surface area contributed by atoms with Crippen LogP contribution in [0.1, 0.15) is 32.1 Å². The van der Waals surface area contributed by atoms with Gasteiger partial charge in [0, 0.05) is 41.8 Å². The van der Waals surface area contributed by atoms with Crippen LogP contribution < -0.4 is 20.1 Å². The number of hydrogen-bond acceptors (Lipinski definition) is 7. The van der Waals surface area contributed by atoms with E-state index in [4.69, 9.17) is 19.4 Å². The Kier molecular flexibility index (Phi) is 4.86. The molecular weight excluding hydrogens is 366 g/mol. The molecule has 0 spiro atoms. The summed E-state index contributed by atoms with van der Waals surface area (Å²) >= 11 is 0. The summed E-state index contributed by atoms with van der Waals surface area (Å²) in [5.41, 5.74) is 2.67. The van der Waals surface area contributed by atoms with Crippen molar-refractivity contribution in [1.82, 2.24) is 15.0 Å². The van der Waals surface area contributed by atoms with E-state index in [9.17, 15) is 0 Å². The summed E-state index contributed by atoms with van der Waals surface area (Å²) in [5, 5.41) is 6.91. The predicted molar refractivity (Wildman–Crippen MR) is 112 cm³/mol. The molecule has 2 aromatic heterocycles. The number of benzene rings is 1. The highest BCUT2D eigenvalue weighted by molar-refractivity contribution is 5.68. The summed E-state index contributed by atoms with van der Waals surface area (Å²) in [7, 11) is 0. The SMILES string of the molecule is c1cncc(-c2cc(Nc3ccc4c(c3)OCO4)nc(NC3CCCCC3)n2)c1. The lowest BCUT2D eigenvalue weighted by atomic mass is 9.96. The van der Waals surface area contributed by atoms with Gasteiger partial charge in [0.15, 0.2) is 11.5 Å². The smallest absolute Gasteiger partial charge is 0.231 e. The topological polar surface area (TPSA) is 81.2 Å². The van der Waals surface area contributed by atoms with Gasteiger partial charge in [-0.3, -0.25) is 4.98 Å². The summed E-state index contributed by atoms with van der Waals surface area (Å²) in [6, 6.07) is 12.0. The van der Waals surface area contributed by atoms with Crippen molar-refractivity contribution in [3.63, 3.8) is 0 Å². The van der Waals surface area contributed by atoms with E-state index in [1.165, 1.54) is 19.3 Å². The van der Waals surface area contributed by atoms with Crippen molar-refractivity contribution in [1.29, 1.82) is 0 Å². The Labute approximate surface area is 169 Å². The second-order valence-electron chi connectivity index (χ2n) is 7.38. The van der Waals surface area contributed by atoms with Crippen LogP contribution >= 0.6 is 0 Å². The van der Waals surface area contributed by atoms with Gasteiger partial charge in [0.1, 0.15) is 5.82 Å². The van der Waals surface area contributed by atoms with Gasteiger partial charge in [-0.2, -0.15) is 4.98 Å². The first-order chi connectivity index (χ1) is 14.3. The molecule has 1 aliphatic carbocycles. The molecule has 2 N–H and O–H groups in total. The van der Waals surface area contributed by atoms with Gasteiger partial charge < -0.3 is 20.1 Å². The summed E-state index contributed by atoms with van der Waals surface area (Å²) < 4.78 is 10.9. The van der Waals surface area contributed by atoms with E-state index in [1.54, 1.807) is 6.20 Å². The fourth-order valence-corrected chi connectivity index (χ4v) is 3.79. The van der Waals surface area contributed by atoms with E-state index >= 15 is 0 Å². The van der Waals surface area contributed by atoms with E-state index < -0.39 is 0 Å². The Bertz CT molecular complexity index is 990. The van der Waals surface area contributed by atoms with Crippen LogP contribution in [0.15, 0.2) is 48.8 Å². The molecule has 1 aliphatic heterocycles. The number of nitrogens with zero attached hydrogens (tertiary/aromatic N) is 3. The maximum absolute atomic E-state index is 5.48. The molecule has 148 valence electrons. The molecule has 3 aromatic rings. The van der Waals surface area contributed by atoms with E-state index in [-0.39, 0.29) is 6.79 Å². The van der Waals surface area contributed by atoms with Gasteiger partial charge in [0.25, 0.3) is 0 Å². The van der Waals surface area contributed by atoms with Crippen molar-refractivity contribution in [3.05, 3.63) is 48.8 Å². The van der Waals surface area contributed by atoms with Gasteiger partial charge in [-0.05, 0) is 37.1 Å². The first-order valence-electron chi connectivity index (χ1n) is 10.1. The molecule has 0 bridgehead atoms. The Morgan fingerprint density at radius 1 is 0.931 bits per heavy atom. The first-order valence-corrected chi connectivity index (χ1v) is 10.1. The molecule has 0 unspecified atom stereocenters. The monoisotopic (exact) mass is 389 g/mol. The van der Waals surface area contributed by atoms with Gasteiger partial charge >= 0.3 is 0 Å². The minimum absolute atomic E-state index is 0.257. The number of hydrogen-bond donors (Lipinski definition) is 2. The third-order valence-electron chi connectivity index (χ3n) is 5.27. The van der Waals surface area contributed by atoms with Crippen LogP contribution in [-0.2, 0) is 0 Å². The van der Waals surface area contributed by atoms with Gasteiger partial charge in [0.05, 0.1) is 5.69 Å². The molecule has 1 saturated carbocycles. The van der Waals surface area contributed by atoms with E-state index in [1.807, 2.05) is 42.6 Å². The lowest BCUT2D eigenvalue weighted by Gasteiger charge is -2.23. The second-order valence-corrected chi connectivity index (χ2v) is 7.38. The average molecular weight is 389 g/mol. The van der Waals surface area contributed by atoms with Crippen LogP contribution in [0.25, 0.3) is 11.3 Å². The average Bonchev–Trinajstić information content (AvgIpc) is 3.23. The van der Waals surface area contributed by atoms with Crippen molar-refractivity contribution < 1.29 is 9.47 Å². The zero-order valence-electron chi connectivity index (χ0n) is 16.1. The van der Waals surface area contributed by atoms with Gasteiger partial charge in [-0.1, -0.05) is 19.3 Å². The van der Waals surface area contributed by atoms with Crippen LogP contribution in [0.2, 0.25) is 0 Å². The molecular formula is C22H23N5O2. The zero-order chi connectivity index (χ0) is 19.5. The molecule has 1 aromatic carbocycles. The van der Waals surface area contributed by atoms with Gasteiger partial charge in [0.2, 0.25) is 12.7 Å². The predicted octanol–water partition coefficient (Wildman–Crippen LogP) is 4.76. The third kappa shape index (κ3) is 4.08. The molecule has 3 heterocycles. The summed E-state index contributed by atoms with van der Waals surface area (Å²) in [6.07, 6.45) is 9.71. The number of anilines is 3. The minimum Gasteiger partial charge on any atom is -0.454 e. The Hall–Kier alpha value is -3.35. The van der Waals surface area contributed by atoms with E-state index in [0.717, 1.165) is 47.1 Å². The lowest BCUT2D eigenvalue weighted by molar-refractivity contribution is 0.174. The summed E-state index contributed by atoms with van der Waals surface area (Å²) in [4.78, 5) is 13.7. The molecule has 0 radical (unpaired) electrons. The largest absolute Gasteiger partial charge is 0.454 e. The number of ether oxygens (including phenoxy) is 2. The highest BCUT2D eigenvalue weighted by atomic mass is 16.7. The van der Waals surface area contributed by atoms with E-state index in [2.05, 4.69) is 15.6 Å². The number of pyridine rings is 1. The van der Waals surface area contributed by atoms with Crippen LogP contribution in [0.4, 0.5) is 17.5 Å². The highest BCUT2D eigenvalue weighted by Gasteiger charge is 2.17.